The zero-order chi connectivity index (χ0) is 23.2. The molecular weight excluding hydrogens is 434 g/mol. The number of benzene rings is 3. The summed E-state index contributed by atoms with van der Waals surface area (Å²) in [5.41, 5.74) is 5.11. The average molecular weight is 462 g/mol. The smallest absolute Gasteiger partial charge is 0.251 e. The number of carbonyl (C=O) groups is 1. The maximum Gasteiger partial charge on any atom is 0.251 e. The predicted octanol–water partition coefficient (Wildman–Crippen LogP) is 5.75. The minimum atomic E-state index is -0.137. The Morgan fingerprint density at radius 2 is 1.88 bits per heavy atom. The first-order valence-electron chi connectivity index (χ1n) is 11.2. The van der Waals surface area contributed by atoms with Crippen LogP contribution in [0.1, 0.15) is 33.7 Å². The minimum absolute atomic E-state index is 0.137. The van der Waals surface area contributed by atoms with Crippen molar-refractivity contribution in [2.75, 3.05) is 13.2 Å². The van der Waals surface area contributed by atoms with E-state index in [1.165, 1.54) is 11.1 Å². The number of hydrogen-bond acceptors (Lipinski definition) is 3. The van der Waals surface area contributed by atoms with Crippen LogP contribution in [-0.4, -0.2) is 28.6 Å². The van der Waals surface area contributed by atoms with Crippen molar-refractivity contribution in [1.82, 2.24) is 14.9 Å². The molecule has 4 aromatic rings. The van der Waals surface area contributed by atoms with Gasteiger partial charge in [0, 0.05) is 30.1 Å². The molecule has 1 heterocycles. The molecule has 33 heavy (non-hydrogen) atoms. The van der Waals surface area contributed by atoms with Crippen LogP contribution in [0.15, 0.2) is 66.7 Å². The van der Waals surface area contributed by atoms with Gasteiger partial charge < -0.3 is 14.6 Å². The average Bonchev–Trinajstić information content (AvgIpc) is 3.16. The molecule has 4 rings (SSSR count). The van der Waals surface area contributed by atoms with Gasteiger partial charge in [0.2, 0.25) is 0 Å². The zero-order valence-electron chi connectivity index (χ0n) is 19.0. The van der Waals surface area contributed by atoms with Crippen LogP contribution in [0.4, 0.5) is 0 Å². The molecule has 0 aliphatic rings. The van der Waals surface area contributed by atoms with E-state index >= 15 is 0 Å². The van der Waals surface area contributed by atoms with Crippen molar-refractivity contribution in [3.8, 4) is 5.75 Å². The van der Waals surface area contributed by atoms with Gasteiger partial charge in [-0.2, -0.15) is 0 Å². The Balaban J connectivity index is 1.37. The quantitative estimate of drug-likeness (QED) is 0.323. The first-order chi connectivity index (χ1) is 16.0. The molecule has 1 aromatic heterocycles. The van der Waals surface area contributed by atoms with Gasteiger partial charge in [-0.1, -0.05) is 35.9 Å². The van der Waals surface area contributed by atoms with E-state index in [-0.39, 0.29) is 5.91 Å². The van der Waals surface area contributed by atoms with Crippen LogP contribution in [0.3, 0.4) is 0 Å². The fraction of sp³-hybridized carbons (Fsp3) is 0.259. The van der Waals surface area contributed by atoms with Gasteiger partial charge in [-0.25, -0.2) is 4.98 Å². The van der Waals surface area contributed by atoms with Crippen LogP contribution in [-0.2, 0) is 13.0 Å². The number of imidazole rings is 1. The second kappa shape index (κ2) is 10.5. The van der Waals surface area contributed by atoms with E-state index in [9.17, 15) is 4.79 Å². The summed E-state index contributed by atoms with van der Waals surface area (Å²) in [6.45, 7) is 6.11. The molecule has 170 valence electrons. The van der Waals surface area contributed by atoms with Crippen LogP contribution in [0.25, 0.3) is 11.0 Å². The number of aromatic nitrogens is 2. The number of para-hydroxylation sites is 2. The number of amides is 1. The molecule has 1 N–H and O–H groups in total. The summed E-state index contributed by atoms with van der Waals surface area (Å²) >= 11 is 6.00. The first-order valence-corrected chi connectivity index (χ1v) is 11.6. The van der Waals surface area contributed by atoms with Gasteiger partial charge in [-0.05, 0) is 73.9 Å². The van der Waals surface area contributed by atoms with Crippen LogP contribution >= 0.6 is 11.6 Å². The van der Waals surface area contributed by atoms with Crippen molar-refractivity contribution in [3.63, 3.8) is 0 Å². The standard InChI is InChI=1S/C27H28ClN3O2/c1-19-11-12-23(17-20(19)2)33-16-6-15-31-25-10-4-3-9-24(25)30-26(31)13-14-29-27(32)21-7-5-8-22(28)18-21/h3-5,7-12,17-18H,6,13-16H2,1-2H3,(H,29,32). The van der Waals surface area contributed by atoms with Gasteiger partial charge in [0.1, 0.15) is 11.6 Å². The Morgan fingerprint density at radius 1 is 1.03 bits per heavy atom. The number of fused-ring (bicyclic) bond motifs is 1. The molecule has 0 radical (unpaired) electrons. The lowest BCUT2D eigenvalue weighted by Crippen LogP contribution is -2.26. The van der Waals surface area contributed by atoms with Gasteiger partial charge in [-0.15, -0.1) is 0 Å². The number of aryl methyl sites for hydroxylation is 3. The highest BCUT2D eigenvalue weighted by atomic mass is 35.5. The largest absolute Gasteiger partial charge is 0.494 e. The summed E-state index contributed by atoms with van der Waals surface area (Å²) in [6.07, 6.45) is 1.49. The molecule has 5 nitrogen and oxygen atoms in total. The Kier molecular flexibility index (Phi) is 7.30. The van der Waals surface area contributed by atoms with Crippen molar-refractivity contribution in [2.24, 2.45) is 0 Å². The molecule has 0 bridgehead atoms. The SMILES string of the molecule is Cc1ccc(OCCCn2c(CCNC(=O)c3cccc(Cl)c3)nc3ccccc32)cc1C. The summed E-state index contributed by atoms with van der Waals surface area (Å²) in [6, 6.07) is 21.3. The molecule has 6 heteroatoms. The molecule has 0 aliphatic carbocycles. The summed E-state index contributed by atoms with van der Waals surface area (Å²) in [4.78, 5) is 17.2. The molecule has 1 amide bonds. The van der Waals surface area contributed by atoms with Gasteiger partial charge in [-0.3, -0.25) is 4.79 Å². The Hall–Kier alpha value is -3.31. The number of nitrogens with one attached hydrogen (secondary N) is 1. The number of carbonyl (C=O) groups excluding carboxylic acids is 1. The second-order valence-electron chi connectivity index (χ2n) is 8.13. The molecule has 0 saturated carbocycles. The van der Waals surface area contributed by atoms with Crippen LogP contribution in [0, 0.1) is 13.8 Å². The van der Waals surface area contributed by atoms with Crippen molar-refractivity contribution >= 4 is 28.5 Å². The van der Waals surface area contributed by atoms with Crippen molar-refractivity contribution in [2.45, 2.75) is 33.2 Å². The highest BCUT2D eigenvalue weighted by Crippen LogP contribution is 2.19. The summed E-state index contributed by atoms with van der Waals surface area (Å²) in [7, 11) is 0. The molecule has 0 saturated heterocycles. The number of ether oxygens (including phenoxy) is 1. The van der Waals surface area contributed by atoms with Crippen LogP contribution in [0.5, 0.6) is 5.75 Å². The van der Waals surface area contributed by atoms with Crippen molar-refractivity contribution in [3.05, 3.63) is 94.3 Å². The summed E-state index contributed by atoms with van der Waals surface area (Å²) < 4.78 is 8.19. The van der Waals surface area contributed by atoms with Gasteiger partial charge in [0.25, 0.3) is 5.91 Å². The zero-order valence-corrected chi connectivity index (χ0v) is 19.7. The number of halogens is 1. The molecular formula is C27H28ClN3O2. The summed E-state index contributed by atoms with van der Waals surface area (Å²) in [5, 5.41) is 3.52. The third-order valence-electron chi connectivity index (χ3n) is 5.73. The molecule has 3 aromatic carbocycles. The van der Waals surface area contributed by atoms with Crippen LogP contribution in [0.2, 0.25) is 5.02 Å². The lowest BCUT2D eigenvalue weighted by molar-refractivity contribution is 0.0954. The van der Waals surface area contributed by atoms with E-state index < -0.39 is 0 Å². The van der Waals surface area contributed by atoms with E-state index in [1.54, 1.807) is 24.3 Å². The lowest BCUT2D eigenvalue weighted by atomic mass is 10.1. The third kappa shape index (κ3) is 5.74. The van der Waals surface area contributed by atoms with Gasteiger partial charge >= 0.3 is 0 Å². The van der Waals surface area contributed by atoms with E-state index in [2.05, 4.69) is 41.9 Å². The van der Waals surface area contributed by atoms with E-state index in [0.29, 0.717) is 30.2 Å². The Bertz CT molecular complexity index is 1270. The highest BCUT2D eigenvalue weighted by molar-refractivity contribution is 6.30. The first kappa shape index (κ1) is 22.9. The molecule has 0 atom stereocenters. The number of hydrogen-bond donors (Lipinski definition) is 1. The molecule has 0 unspecified atom stereocenters. The highest BCUT2D eigenvalue weighted by Gasteiger charge is 2.12. The molecule has 0 fully saturated rings. The Labute approximate surface area is 199 Å². The Morgan fingerprint density at radius 3 is 2.70 bits per heavy atom. The van der Waals surface area contributed by atoms with Crippen molar-refractivity contribution < 1.29 is 9.53 Å². The van der Waals surface area contributed by atoms with E-state index in [0.717, 1.165) is 35.6 Å². The fourth-order valence-electron chi connectivity index (χ4n) is 3.80. The minimum Gasteiger partial charge on any atom is -0.494 e. The summed E-state index contributed by atoms with van der Waals surface area (Å²) in [5.74, 6) is 1.72. The topological polar surface area (TPSA) is 56.1 Å². The number of rotatable bonds is 9. The second-order valence-corrected chi connectivity index (χ2v) is 8.57. The van der Waals surface area contributed by atoms with Gasteiger partial charge in [0.05, 0.1) is 17.6 Å². The predicted molar refractivity (Wildman–Crippen MR) is 133 cm³/mol. The lowest BCUT2D eigenvalue weighted by Gasteiger charge is -2.12. The monoisotopic (exact) mass is 461 g/mol. The third-order valence-corrected chi connectivity index (χ3v) is 5.96. The number of nitrogens with zero attached hydrogens (tertiary/aromatic N) is 2. The van der Waals surface area contributed by atoms with Gasteiger partial charge in [0.15, 0.2) is 0 Å². The normalized spacial score (nSPS) is 11.0. The maximum atomic E-state index is 12.4. The fourth-order valence-corrected chi connectivity index (χ4v) is 3.99. The molecule has 0 spiro atoms. The van der Waals surface area contributed by atoms with E-state index in [1.807, 2.05) is 24.3 Å². The molecule has 0 aliphatic heterocycles. The maximum absolute atomic E-state index is 12.4. The van der Waals surface area contributed by atoms with Crippen molar-refractivity contribution in [1.29, 1.82) is 0 Å². The van der Waals surface area contributed by atoms with Crippen LogP contribution < -0.4 is 10.1 Å². The van der Waals surface area contributed by atoms with E-state index in [4.69, 9.17) is 21.3 Å².